The smallest absolute Gasteiger partial charge is 0.0908 e. The molecule has 1 aromatic heterocycles. The van der Waals surface area contributed by atoms with E-state index in [4.69, 9.17) is 0 Å². The second-order valence-corrected chi connectivity index (χ2v) is 5.61. The summed E-state index contributed by atoms with van der Waals surface area (Å²) in [6, 6.07) is 5.76. The molecule has 1 aliphatic rings. The molecule has 0 radical (unpaired) electrons. The Morgan fingerprint density at radius 3 is 2.81 bits per heavy atom. The Balaban J connectivity index is 1.78. The van der Waals surface area contributed by atoms with Gasteiger partial charge in [0.2, 0.25) is 0 Å². The van der Waals surface area contributed by atoms with E-state index in [1.165, 1.54) is 37.4 Å². The summed E-state index contributed by atoms with van der Waals surface area (Å²) in [4.78, 5) is 2.51. The van der Waals surface area contributed by atoms with Gasteiger partial charge in [0.25, 0.3) is 0 Å². The van der Waals surface area contributed by atoms with Crippen LogP contribution in [-0.2, 0) is 0 Å². The summed E-state index contributed by atoms with van der Waals surface area (Å²) in [5, 5.41) is 7.31. The van der Waals surface area contributed by atoms with E-state index in [2.05, 4.69) is 41.6 Å². The second kappa shape index (κ2) is 5.69. The van der Waals surface area contributed by atoms with Gasteiger partial charge >= 0.3 is 0 Å². The highest BCUT2D eigenvalue weighted by molar-refractivity contribution is 7.14. The van der Waals surface area contributed by atoms with Crippen LogP contribution in [0.25, 0.3) is 0 Å². The summed E-state index contributed by atoms with van der Waals surface area (Å²) in [7, 11) is 0. The lowest BCUT2D eigenvalue weighted by Gasteiger charge is -2.34. The SMILES string of the molecule is CCC(C)NC1CCN(c2cccs2)CC1. The summed E-state index contributed by atoms with van der Waals surface area (Å²) in [6.45, 7) is 6.94. The lowest BCUT2D eigenvalue weighted by molar-refractivity contribution is 0.372. The number of nitrogens with one attached hydrogen (secondary N) is 1. The van der Waals surface area contributed by atoms with Gasteiger partial charge < -0.3 is 10.2 Å². The quantitative estimate of drug-likeness (QED) is 0.867. The van der Waals surface area contributed by atoms with Crippen LogP contribution in [0.4, 0.5) is 5.00 Å². The minimum atomic E-state index is 0.665. The molecule has 0 aromatic carbocycles. The number of nitrogens with zero attached hydrogens (tertiary/aromatic N) is 1. The van der Waals surface area contributed by atoms with E-state index >= 15 is 0 Å². The normalized spacial score (nSPS) is 20.0. The molecule has 1 saturated heterocycles. The lowest BCUT2D eigenvalue weighted by atomic mass is 10.0. The molecule has 90 valence electrons. The van der Waals surface area contributed by atoms with Gasteiger partial charge in [-0.3, -0.25) is 0 Å². The molecule has 1 aromatic rings. The van der Waals surface area contributed by atoms with Crippen LogP contribution in [-0.4, -0.2) is 25.2 Å². The van der Waals surface area contributed by atoms with Gasteiger partial charge in [0, 0.05) is 25.2 Å². The van der Waals surface area contributed by atoms with Crippen molar-refractivity contribution >= 4 is 16.3 Å². The molecule has 2 nitrogen and oxygen atoms in total. The predicted octanol–water partition coefficient (Wildman–Crippen LogP) is 3.11. The van der Waals surface area contributed by atoms with E-state index in [0.717, 1.165) is 6.04 Å². The Labute approximate surface area is 103 Å². The van der Waals surface area contributed by atoms with E-state index in [9.17, 15) is 0 Å². The maximum Gasteiger partial charge on any atom is 0.0908 e. The van der Waals surface area contributed by atoms with Crippen molar-refractivity contribution in [2.24, 2.45) is 0 Å². The fourth-order valence-electron chi connectivity index (χ4n) is 2.24. The van der Waals surface area contributed by atoms with Gasteiger partial charge in [-0.1, -0.05) is 6.92 Å². The molecule has 2 heterocycles. The lowest BCUT2D eigenvalue weighted by Crippen LogP contribution is -2.45. The predicted molar refractivity (Wildman–Crippen MR) is 72.4 cm³/mol. The van der Waals surface area contributed by atoms with Crippen LogP contribution in [0.5, 0.6) is 0 Å². The molecule has 0 spiro atoms. The van der Waals surface area contributed by atoms with Crippen molar-refractivity contribution in [3.63, 3.8) is 0 Å². The third-order valence-electron chi connectivity index (χ3n) is 3.45. The maximum absolute atomic E-state index is 3.71. The third-order valence-corrected chi connectivity index (χ3v) is 4.37. The van der Waals surface area contributed by atoms with E-state index in [0.29, 0.717) is 6.04 Å². The van der Waals surface area contributed by atoms with E-state index < -0.39 is 0 Å². The number of rotatable bonds is 4. The first-order valence-corrected chi connectivity index (χ1v) is 7.22. The molecular weight excluding hydrogens is 216 g/mol. The van der Waals surface area contributed by atoms with Crippen LogP contribution in [0.3, 0.4) is 0 Å². The Hall–Kier alpha value is -0.540. The second-order valence-electron chi connectivity index (χ2n) is 4.69. The topological polar surface area (TPSA) is 15.3 Å². The summed E-state index contributed by atoms with van der Waals surface area (Å²) in [5.41, 5.74) is 0. The monoisotopic (exact) mass is 238 g/mol. The molecule has 1 atom stereocenters. The van der Waals surface area contributed by atoms with Crippen LogP contribution < -0.4 is 10.2 Å². The van der Waals surface area contributed by atoms with Gasteiger partial charge in [0.05, 0.1) is 5.00 Å². The molecule has 1 unspecified atom stereocenters. The molecule has 1 aliphatic heterocycles. The van der Waals surface area contributed by atoms with Gasteiger partial charge in [0.1, 0.15) is 0 Å². The van der Waals surface area contributed by atoms with Crippen LogP contribution in [0.2, 0.25) is 0 Å². The molecule has 1 fully saturated rings. The first kappa shape index (κ1) is 11.9. The number of hydrogen-bond acceptors (Lipinski definition) is 3. The van der Waals surface area contributed by atoms with Gasteiger partial charge in [-0.05, 0) is 43.7 Å². The van der Waals surface area contributed by atoms with Crippen molar-refractivity contribution in [2.45, 2.75) is 45.2 Å². The summed E-state index contributed by atoms with van der Waals surface area (Å²) < 4.78 is 0. The highest BCUT2D eigenvalue weighted by Gasteiger charge is 2.20. The largest absolute Gasteiger partial charge is 0.363 e. The molecule has 2 rings (SSSR count). The Morgan fingerprint density at radius 1 is 1.50 bits per heavy atom. The summed E-state index contributed by atoms with van der Waals surface area (Å²) in [5.74, 6) is 0. The van der Waals surface area contributed by atoms with Crippen molar-refractivity contribution in [1.82, 2.24) is 5.32 Å². The first-order valence-electron chi connectivity index (χ1n) is 6.34. The fourth-order valence-corrected chi connectivity index (χ4v) is 3.02. The van der Waals surface area contributed by atoms with Crippen LogP contribution in [0.15, 0.2) is 17.5 Å². The summed E-state index contributed by atoms with van der Waals surface area (Å²) >= 11 is 1.85. The van der Waals surface area contributed by atoms with E-state index in [1.54, 1.807) is 0 Å². The molecule has 0 saturated carbocycles. The Bertz CT molecular complexity index is 289. The molecule has 0 amide bonds. The first-order chi connectivity index (χ1) is 7.79. The highest BCUT2D eigenvalue weighted by atomic mass is 32.1. The Morgan fingerprint density at radius 2 is 2.25 bits per heavy atom. The van der Waals surface area contributed by atoms with E-state index in [1.807, 2.05) is 11.3 Å². The zero-order chi connectivity index (χ0) is 11.4. The minimum Gasteiger partial charge on any atom is -0.363 e. The average molecular weight is 238 g/mol. The summed E-state index contributed by atoms with van der Waals surface area (Å²) in [6.07, 6.45) is 3.79. The van der Waals surface area contributed by atoms with Gasteiger partial charge in [-0.25, -0.2) is 0 Å². The van der Waals surface area contributed by atoms with Crippen molar-refractivity contribution in [2.75, 3.05) is 18.0 Å². The average Bonchev–Trinajstić information content (AvgIpc) is 2.83. The van der Waals surface area contributed by atoms with Gasteiger partial charge in [-0.15, -0.1) is 11.3 Å². The highest BCUT2D eigenvalue weighted by Crippen LogP contribution is 2.24. The molecule has 0 aliphatic carbocycles. The van der Waals surface area contributed by atoms with Gasteiger partial charge in [0.15, 0.2) is 0 Å². The number of piperidine rings is 1. The van der Waals surface area contributed by atoms with Crippen molar-refractivity contribution < 1.29 is 0 Å². The van der Waals surface area contributed by atoms with Crippen molar-refractivity contribution in [3.05, 3.63) is 17.5 Å². The van der Waals surface area contributed by atoms with Crippen LogP contribution in [0, 0.1) is 0 Å². The molecule has 16 heavy (non-hydrogen) atoms. The zero-order valence-corrected chi connectivity index (χ0v) is 11.1. The van der Waals surface area contributed by atoms with E-state index in [-0.39, 0.29) is 0 Å². The fraction of sp³-hybridized carbons (Fsp3) is 0.692. The maximum atomic E-state index is 3.71. The standard InChI is InChI=1S/C13H22N2S/c1-3-11(2)14-12-6-8-15(9-7-12)13-5-4-10-16-13/h4-5,10-12,14H,3,6-9H2,1-2H3. The van der Waals surface area contributed by atoms with Crippen LogP contribution >= 0.6 is 11.3 Å². The van der Waals surface area contributed by atoms with Gasteiger partial charge in [-0.2, -0.15) is 0 Å². The number of anilines is 1. The Kier molecular flexibility index (Phi) is 4.24. The number of hydrogen-bond donors (Lipinski definition) is 1. The van der Waals surface area contributed by atoms with Crippen molar-refractivity contribution in [3.8, 4) is 0 Å². The van der Waals surface area contributed by atoms with Crippen molar-refractivity contribution in [1.29, 1.82) is 0 Å². The van der Waals surface area contributed by atoms with Crippen LogP contribution in [0.1, 0.15) is 33.1 Å². The zero-order valence-electron chi connectivity index (χ0n) is 10.3. The molecular formula is C13H22N2S. The molecule has 3 heteroatoms. The molecule has 0 bridgehead atoms. The number of thiophene rings is 1. The third kappa shape index (κ3) is 2.98. The minimum absolute atomic E-state index is 0.665. The molecule has 1 N–H and O–H groups in total.